The largest absolute Gasteiger partial charge is 0.486 e. The Hall–Kier alpha value is -2.73. The molecule has 2 aromatic carbocycles. The van der Waals surface area contributed by atoms with Crippen molar-refractivity contribution in [2.75, 3.05) is 32.8 Å². The molecule has 7 heteroatoms. The second-order valence-electron chi connectivity index (χ2n) is 7.62. The van der Waals surface area contributed by atoms with Crippen LogP contribution in [0.1, 0.15) is 28.8 Å². The number of nitrogens with zero attached hydrogens (tertiary/aromatic N) is 1. The first kappa shape index (κ1) is 20.5. The Bertz CT molecular complexity index is 916. The number of fused-ring (bicyclic) bond motifs is 1. The number of piperidine rings is 1. The SMILES string of the molecule is O=C(NCCc1ccc2c(c1)OCCO2)C1CCCN(C(=O)c2ccc(Cl)cc2)C1. The minimum atomic E-state index is -0.185. The van der Waals surface area contributed by atoms with Gasteiger partial charge in [-0.15, -0.1) is 0 Å². The van der Waals surface area contributed by atoms with Crippen molar-refractivity contribution < 1.29 is 19.1 Å². The Balaban J connectivity index is 1.28. The van der Waals surface area contributed by atoms with Crippen LogP contribution in [-0.4, -0.2) is 49.6 Å². The van der Waals surface area contributed by atoms with Crippen LogP contribution in [0, 0.1) is 5.92 Å². The molecular weight excluding hydrogens is 404 g/mol. The van der Waals surface area contributed by atoms with E-state index in [2.05, 4.69) is 5.32 Å². The summed E-state index contributed by atoms with van der Waals surface area (Å²) in [7, 11) is 0. The monoisotopic (exact) mass is 428 g/mol. The lowest BCUT2D eigenvalue weighted by Gasteiger charge is -2.32. The molecule has 1 atom stereocenters. The van der Waals surface area contributed by atoms with Crippen molar-refractivity contribution in [2.45, 2.75) is 19.3 Å². The zero-order valence-electron chi connectivity index (χ0n) is 16.7. The lowest BCUT2D eigenvalue weighted by Crippen LogP contribution is -2.45. The van der Waals surface area contributed by atoms with Crippen molar-refractivity contribution in [1.82, 2.24) is 10.2 Å². The molecule has 2 aliphatic rings. The fourth-order valence-corrected chi connectivity index (χ4v) is 3.99. The first-order valence-electron chi connectivity index (χ1n) is 10.3. The van der Waals surface area contributed by atoms with Crippen molar-refractivity contribution in [3.8, 4) is 11.5 Å². The van der Waals surface area contributed by atoms with Gasteiger partial charge in [0.05, 0.1) is 5.92 Å². The van der Waals surface area contributed by atoms with Crippen LogP contribution in [-0.2, 0) is 11.2 Å². The maximum atomic E-state index is 12.7. The quantitative estimate of drug-likeness (QED) is 0.793. The molecule has 0 saturated carbocycles. The predicted molar refractivity (Wildman–Crippen MR) is 114 cm³/mol. The van der Waals surface area contributed by atoms with Crippen LogP contribution in [0.3, 0.4) is 0 Å². The first-order valence-corrected chi connectivity index (χ1v) is 10.7. The third-order valence-corrected chi connectivity index (χ3v) is 5.74. The fraction of sp³-hybridized carbons (Fsp3) is 0.391. The van der Waals surface area contributed by atoms with Crippen molar-refractivity contribution in [1.29, 1.82) is 0 Å². The van der Waals surface area contributed by atoms with Gasteiger partial charge in [-0.05, 0) is 61.2 Å². The maximum Gasteiger partial charge on any atom is 0.253 e. The number of hydrogen-bond donors (Lipinski definition) is 1. The lowest BCUT2D eigenvalue weighted by atomic mass is 9.96. The summed E-state index contributed by atoms with van der Waals surface area (Å²) in [5.41, 5.74) is 1.68. The van der Waals surface area contributed by atoms with Gasteiger partial charge in [0.2, 0.25) is 5.91 Å². The van der Waals surface area contributed by atoms with Gasteiger partial charge in [-0.2, -0.15) is 0 Å². The average Bonchev–Trinajstić information content (AvgIpc) is 2.79. The molecule has 0 aromatic heterocycles. The van der Waals surface area contributed by atoms with E-state index in [1.807, 2.05) is 18.2 Å². The van der Waals surface area contributed by atoms with E-state index in [4.69, 9.17) is 21.1 Å². The molecule has 0 bridgehead atoms. The Morgan fingerprint density at radius 3 is 2.63 bits per heavy atom. The second kappa shape index (κ2) is 9.39. The van der Waals surface area contributed by atoms with Gasteiger partial charge >= 0.3 is 0 Å². The normalized spacial score (nSPS) is 18.0. The van der Waals surface area contributed by atoms with E-state index >= 15 is 0 Å². The van der Waals surface area contributed by atoms with E-state index in [0.717, 1.165) is 29.9 Å². The molecule has 0 radical (unpaired) electrons. The molecule has 2 heterocycles. The zero-order chi connectivity index (χ0) is 20.9. The number of carbonyl (C=O) groups is 2. The van der Waals surface area contributed by atoms with Crippen LogP contribution in [0.2, 0.25) is 5.02 Å². The van der Waals surface area contributed by atoms with E-state index in [1.54, 1.807) is 29.2 Å². The van der Waals surface area contributed by atoms with Crippen molar-refractivity contribution in [3.05, 3.63) is 58.6 Å². The number of halogens is 1. The number of amides is 2. The smallest absolute Gasteiger partial charge is 0.253 e. The highest BCUT2D eigenvalue weighted by atomic mass is 35.5. The average molecular weight is 429 g/mol. The standard InChI is InChI=1S/C23H25ClN2O4/c24-19-6-4-17(5-7-19)23(28)26-11-1-2-18(15-26)22(27)25-10-9-16-3-8-20-21(14-16)30-13-12-29-20/h3-8,14,18H,1-2,9-13,15H2,(H,25,27). The third-order valence-electron chi connectivity index (χ3n) is 5.49. The lowest BCUT2D eigenvalue weighted by molar-refractivity contribution is -0.126. The van der Waals surface area contributed by atoms with Gasteiger partial charge in [0.15, 0.2) is 11.5 Å². The molecule has 6 nitrogen and oxygen atoms in total. The van der Waals surface area contributed by atoms with E-state index in [0.29, 0.717) is 49.9 Å². The van der Waals surface area contributed by atoms with Crippen LogP contribution in [0.15, 0.2) is 42.5 Å². The summed E-state index contributed by atoms with van der Waals surface area (Å²) < 4.78 is 11.1. The molecule has 1 N–H and O–H groups in total. The van der Waals surface area contributed by atoms with Crippen molar-refractivity contribution in [2.24, 2.45) is 5.92 Å². The molecular formula is C23H25ClN2O4. The highest BCUT2D eigenvalue weighted by Crippen LogP contribution is 2.30. The highest BCUT2D eigenvalue weighted by molar-refractivity contribution is 6.30. The predicted octanol–water partition coefficient (Wildman–Crippen LogP) is 3.32. The van der Waals surface area contributed by atoms with Crippen LogP contribution in [0.4, 0.5) is 0 Å². The maximum absolute atomic E-state index is 12.7. The topological polar surface area (TPSA) is 67.9 Å². The summed E-state index contributed by atoms with van der Waals surface area (Å²) in [6.45, 7) is 2.78. The summed E-state index contributed by atoms with van der Waals surface area (Å²) in [5.74, 6) is 1.28. The molecule has 2 aliphatic heterocycles. The molecule has 158 valence electrons. The molecule has 2 amide bonds. The third kappa shape index (κ3) is 4.87. The van der Waals surface area contributed by atoms with Crippen molar-refractivity contribution >= 4 is 23.4 Å². The van der Waals surface area contributed by atoms with Gasteiger partial charge in [0.25, 0.3) is 5.91 Å². The van der Waals surface area contributed by atoms with Gasteiger partial charge in [-0.25, -0.2) is 0 Å². The number of nitrogens with one attached hydrogen (secondary N) is 1. The Labute approximate surface area is 181 Å². The molecule has 0 aliphatic carbocycles. The number of ether oxygens (including phenoxy) is 2. The molecule has 0 spiro atoms. The molecule has 4 rings (SSSR count). The summed E-state index contributed by atoms with van der Waals surface area (Å²) in [5, 5.41) is 3.62. The van der Waals surface area contributed by atoms with Crippen LogP contribution in [0.25, 0.3) is 0 Å². The van der Waals surface area contributed by atoms with Gasteiger partial charge in [0, 0.05) is 30.2 Å². The number of rotatable bonds is 5. The minimum absolute atomic E-state index is 0.00106. The molecule has 1 saturated heterocycles. The van der Waals surface area contributed by atoms with Crippen LogP contribution in [0.5, 0.6) is 11.5 Å². The molecule has 2 aromatic rings. The van der Waals surface area contributed by atoms with E-state index in [9.17, 15) is 9.59 Å². The summed E-state index contributed by atoms with van der Waals surface area (Å²) in [6.07, 6.45) is 2.32. The van der Waals surface area contributed by atoms with Gasteiger partial charge in [-0.1, -0.05) is 17.7 Å². The molecule has 1 unspecified atom stereocenters. The van der Waals surface area contributed by atoms with E-state index in [-0.39, 0.29) is 17.7 Å². The van der Waals surface area contributed by atoms with Crippen molar-refractivity contribution in [3.63, 3.8) is 0 Å². The van der Waals surface area contributed by atoms with Gasteiger partial charge < -0.3 is 19.7 Å². The van der Waals surface area contributed by atoms with Gasteiger partial charge in [0.1, 0.15) is 13.2 Å². The fourth-order valence-electron chi connectivity index (χ4n) is 3.87. The summed E-state index contributed by atoms with van der Waals surface area (Å²) in [4.78, 5) is 27.1. The van der Waals surface area contributed by atoms with Crippen LogP contribution < -0.4 is 14.8 Å². The molecule has 1 fully saturated rings. The Morgan fingerprint density at radius 2 is 1.83 bits per heavy atom. The Kier molecular flexibility index (Phi) is 6.43. The number of carbonyl (C=O) groups excluding carboxylic acids is 2. The van der Waals surface area contributed by atoms with E-state index in [1.165, 1.54) is 0 Å². The van der Waals surface area contributed by atoms with E-state index < -0.39 is 0 Å². The first-order chi connectivity index (χ1) is 14.6. The zero-order valence-corrected chi connectivity index (χ0v) is 17.5. The van der Waals surface area contributed by atoms with Crippen LogP contribution >= 0.6 is 11.6 Å². The number of likely N-dealkylation sites (tertiary alicyclic amines) is 1. The molecule has 30 heavy (non-hydrogen) atoms. The number of hydrogen-bond acceptors (Lipinski definition) is 4. The summed E-state index contributed by atoms with van der Waals surface area (Å²) in [6, 6.07) is 12.7. The summed E-state index contributed by atoms with van der Waals surface area (Å²) >= 11 is 5.90. The highest BCUT2D eigenvalue weighted by Gasteiger charge is 2.28. The van der Waals surface area contributed by atoms with Gasteiger partial charge in [-0.3, -0.25) is 9.59 Å². The number of benzene rings is 2. The minimum Gasteiger partial charge on any atom is -0.486 e. The second-order valence-corrected chi connectivity index (χ2v) is 8.05. The Morgan fingerprint density at radius 1 is 1.07 bits per heavy atom.